The third-order valence-electron chi connectivity index (χ3n) is 2.30. The molecule has 0 heterocycles. The second kappa shape index (κ2) is 5.26. The normalized spacial score (nSPS) is 11.3. The minimum Gasteiger partial charge on any atom is -0.278 e. The molecule has 3 nitrogen and oxygen atoms in total. The van der Waals surface area contributed by atoms with E-state index in [4.69, 9.17) is 0 Å². The zero-order valence-corrected chi connectivity index (χ0v) is 11.8. The molecular weight excluding hydrogens is 340 g/mol. The summed E-state index contributed by atoms with van der Waals surface area (Å²) >= 11 is 3.09. The van der Waals surface area contributed by atoms with Crippen molar-refractivity contribution in [2.45, 2.75) is 4.90 Å². The van der Waals surface area contributed by atoms with Crippen LogP contribution in [0.2, 0.25) is 0 Å². The average molecular weight is 348 g/mol. The summed E-state index contributed by atoms with van der Waals surface area (Å²) in [7, 11) is -4.10. The highest BCUT2D eigenvalue weighted by atomic mass is 79.9. The van der Waals surface area contributed by atoms with Crippen molar-refractivity contribution in [3.63, 3.8) is 0 Å². The maximum Gasteiger partial charge on any atom is 0.264 e. The van der Waals surface area contributed by atoms with Gasteiger partial charge in [-0.15, -0.1) is 0 Å². The Morgan fingerprint density at radius 3 is 2.42 bits per heavy atom. The molecule has 0 aliphatic heterocycles. The third kappa shape index (κ3) is 3.10. The Balaban J connectivity index is 2.43. The fourth-order valence-corrected chi connectivity index (χ4v) is 3.07. The van der Waals surface area contributed by atoms with E-state index in [9.17, 15) is 17.2 Å². The molecule has 0 aliphatic rings. The van der Waals surface area contributed by atoms with Crippen molar-refractivity contribution in [2.75, 3.05) is 4.72 Å². The van der Waals surface area contributed by atoms with Crippen LogP contribution in [0.3, 0.4) is 0 Å². The molecule has 0 aromatic heterocycles. The summed E-state index contributed by atoms with van der Waals surface area (Å²) in [6, 6.07) is 8.48. The number of halogens is 3. The first-order valence-electron chi connectivity index (χ1n) is 5.12. The molecule has 0 spiro atoms. The first-order chi connectivity index (χ1) is 8.90. The molecule has 0 amide bonds. The van der Waals surface area contributed by atoms with E-state index in [1.165, 1.54) is 24.3 Å². The molecular formula is C12H8BrF2NO2S. The maximum absolute atomic E-state index is 13.5. The Hall–Kier alpha value is -1.47. The topological polar surface area (TPSA) is 46.2 Å². The molecule has 0 bridgehead atoms. The first kappa shape index (κ1) is 14.0. The van der Waals surface area contributed by atoms with Crippen molar-refractivity contribution in [2.24, 2.45) is 0 Å². The van der Waals surface area contributed by atoms with Crippen LogP contribution in [0.15, 0.2) is 51.8 Å². The Morgan fingerprint density at radius 1 is 1.05 bits per heavy atom. The molecule has 2 aromatic carbocycles. The van der Waals surface area contributed by atoms with Crippen LogP contribution in [0.25, 0.3) is 0 Å². The first-order valence-corrected chi connectivity index (χ1v) is 7.40. The summed E-state index contributed by atoms with van der Waals surface area (Å²) in [6.07, 6.45) is 0. The summed E-state index contributed by atoms with van der Waals surface area (Å²) in [5, 5.41) is 0. The van der Waals surface area contributed by atoms with Crippen LogP contribution < -0.4 is 4.72 Å². The lowest BCUT2D eigenvalue weighted by Gasteiger charge is -2.10. The fourth-order valence-electron chi connectivity index (χ4n) is 1.44. The van der Waals surface area contributed by atoms with E-state index < -0.39 is 26.6 Å². The molecule has 2 rings (SSSR count). The van der Waals surface area contributed by atoms with E-state index >= 15 is 0 Å². The lowest BCUT2D eigenvalue weighted by atomic mass is 10.3. The number of benzene rings is 2. The van der Waals surface area contributed by atoms with Crippen molar-refractivity contribution in [3.8, 4) is 0 Å². The Kier molecular flexibility index (Phi) is 3.86. The minimum absolute atomic E-state index is 0.00301. The monoisotopic (exact) mass is 347 g/mol. The molecule has 100 valence electrons. The number of anilines is 1. The van der Waals surface area contributed by atoms with Crippen LogP contribution in [0.1, 0.15) is 0 Å². The molecule has 0 aliphatic carbocycles. The van der Waals surface area contributed by atoms with E-state index in [0.29, 0.717) is 4.47 Å². The number of sulfonamides is 1. The van der Waals surface area contributed by atoms with Crippen molar-refractivity contribution in [1.82, 2.24) is 0 Å². The van der Waals surface area contributed by atoms with Crippen LogP contribution in [0.4, 0.5) is 14.5 Å². The number of hydrogen-bond donors (Lipinski definition) is 1. The Bertz CT molecular complexity index is 719. The number of rotatable bonds is 3. The molecule has 0 saturated heterocycles. The summed E-state index contributed by atoms with van der Waals surface area (Å²) < 4.78 is 53.0. The van der Waals surface area contributed by atoms with Gasteiger partial charge in [-0.1, -0.05) is 12.1 Å². The molecule has 0 saturated carbocycles. The molecule has 19 heavy (non-hydrogen) atoms. The number of hydrogen-bond acceptors (Lipinski definition) is 2. The van der Waals surface area contributed by atoms with Crippen LogP contribution in [-0.2, 0) is 10.0 Å². The van der Waals surface area contributed by atoms with E-state index in [1.807, 2.05) is 0 Å². The van der Waals surface area contributed by atoms with Gasteiger partial charge in [0, 0.05) is 4.47 Å². The molecule has 0 fully saturated rings. The van der Waals surface area contributed by atoms with Gasteiger partial charge in [0.05, 0.1) is 5.69 Å². The van der Waals surface area contributed by atoms with Gasteiger partial charge in [0.25, 0.3) is 10.0 Å². The van der Waals surface area contributed by atoms with E-state index in [0.717, 1.165) is 18.2 Å². The predicted octanol–water partition coefficient (Wildman–Crippen LogP) is 3.53. The van der Waals surface area contributed by atoms with Crippen molar-refractivity contribution < 1.29 is 17.2 Å². The van der Waals surface area contributed by atoms with Gasteiger partial charge in [0.2, 0.25) is 0 Å². The SMILES string of the molecule is O=S(=O)(Nc1cc(F)ccc1Br)c1ccccc1F. The van der Waals surface area contributed by atoms with Gasteiger partial charge in [-0.05, 0) is 46.3 Å². The quantitative estimate of drug-likeness (QED) is 0.923. The van der Waals surface area contributed by atoms with Crippen LogP contribution in [0, 0.1) is 11.6 Å². The van der Waals surface area contributed by atoms with Crippen LogP contribution in [-0.4, -0.2) is 8.42 Å². The second-order valence-corrected chi connectivity index (χ2v) is 6.17. The van der Waals surface area contributed by atoms with E-state index in [-0.39, 0.29) is 5.69 Å². The van der Waals surface area contributed by atoms with Gasteiger partial charge in [-0.3, -0.25) is 4.72 Å². The van der Waals surface area contributed by atoms with Gasteiger partial charge in [-0.2, -0.15) is 0 Å². The maximum atomic E-state index is 13.5. The summed E-state index contributed by atoms with van der Waals surface area (Å²) in [5.41, 5.74) is 0.00301. The molecule has 7 heteroatoms. The van der Waals surface area contributed by atoms with Gasteiger partial charge < -0.3 is 0 Å². The second-order valence-electron chi connectivity index (χ2n) is 3.66. The number of nitrogens with one attached hydrogen (secondary N) is 1. The fraction of sp³-hybridized carbons (Fsp3) is 0. The lowest BCUT2D eigenvalue weighted by molar-refractivity contribution is 0.570. The standard InChI is InChI=1S/C12H8BrF2NO2S/c13-9-6-5-8(14)7-11(9)16-19(17,18)12-4-2-1-3-10(12)15/h1-7,16H. The van der Waals surface area contributed by atoms with Gasteiger partial charge in [-0.25, -0.2) is 17.2 Å². The van der Waals surface area contributed by atoms with E-state index in [2.05, 4.69) is 20.7 Å². The predicted molar refractivity (Wildman–Crippen MR) is 71.3 cm³/mol. The van der Waals surface area contributed by atoms with Gasteiger partial charge in [0.15, 0.2) is 0 Å². The minimum atomic E-state index is -4.10. The highest BCUT2D eigenvalue weighted by Gasteiger charge is 2.19. The lowest BCUT2D eigenvalue weighted by Crippen LogP contribution is -2.15. The Morgan fingerprint density at radius 2 is 1.74 bits per heavy atom. The molecule has 0 atom stereocenters. The third-order valence-corrected chi connectivity index (χ3v) is 4.39. The Labute approximate surface area is 117 Å². The summed E-state index contributed by atoms with van der Waals surface area (Å²) in [6.45, 7) is 0. The zero-order valence-electron chi connectivity index (χ0n) is 9.40. The van der Waals surface area contributed by atoms with Crippen LogP contribution >= 0.6 is 15.9 Å². The van der Waals surface area contributed by atoms with E-state index in [1.54, 1.807) is 0 Å². The van der Waals surface area contributed by atoms with Crippen LogP contribution in [0.5, 0.6) is 0 Å². The molecule has 2 aromatic rings. The largest absolute Gasteiger partial charge is 0.278 e. The highest BCUT2D eigenvalue weighted by molar-refractivity contribution is 9.10. The zero-order chi connectivity index (χ0) is 14.0. The summed E-state index contributed by atoms with van der Waals surface area (Å²) in [4.78, 5) is -0.494. The van der Waals surface area contributed by atoms with Gasteiger partial charge in [0.1, 0.15) is 16.5 Å². The van der Waals surface area contributed by atoms with Crippen molar-refractivity contribution in [3.05, 3.63) is 58.6 Å². The smallest absolute Gasteiger partial charge is 0.264 e. The summed E-state index contributed by atoms with van der Waals surface area (Å²) in [5.74, 6) is -1.48. The highest BCUT2D eigenvalue weighted by Crippen LogP contribution is 2.26. The molecule has 1 N–H and O–H groups in total. The molecule has 0 unspecified atom stereocenters. The van der Waals surface area contributed by atoms with Crippen molar-refractivity contribution in [1.29, 1.82) is 0 Å². The average Bonchev–Trinajstić information content (AvgIpc) is 2.34. The van der Waals surface area contributed by atoms with Gasteiger partial charge >= 0.3 is 0 Å². The van der Waals surface area contributed by atoms with Crippen molar-refractivity contribution >= 4 is 31.6 Å². The molecule has 0 radical (unpaired) electrons.